The van der Waals surface area contributed by atoms with Gasteiger partial charge in [-0.1, -0.05) is 30.3 Å². The van der Waals surface area contributed by atoms with Gasteiger partial charge in [-0.15, -0.1) is 0 Å². The summed E-state index contributed by atoms with van der Waals surface area (Å²) in [5.74, 6) is -0.702. The summed E-state index contributed by atoms with van der Waals surface area (Å²) >= 11 is 0. The van der Waals surface area contributed by atoms with Crippen LogP contribution in [-0.4, -0.2) is 17.9 Å². The summed E-state index contributed by atoms with van der Waals surface area (Å²) in [5, 5.41) is 16.0. The van der Waals surface area contributed by atoms with Crippen LogP contribution in [0.2, 0.25) is 0 Å². The number of nitro groups is 1. The summed E-state index contributed by atoms with van der Waals surface area (Å²) in [6.45, 7) is 0. The molecule has 92 valence electrons. The third-order valence-corrected chi connectivity index (χ3v) is 2.51. The molecule has 2 N–H and O–H groups in total. The van der Waals surface area contributed by atoms with Crippen molar-refractivity contribution >= 4 is 12.0 Å². The first-order valence-corrected chi connectivity index (χ1v) is 5.28. The van der Waals surface area contributed by atoms with Crippen LogP contribution in [0.4, 0.5) is 0 Å². The van der Waals surface area contributed by atoms with E-state index >= 15 is 0 Å². The van der Waals surface area contributed by atoms with Crippen LogP contribution in [0, 0.1) is 10.1 Å². The van der Waals surface area contributed by atoms with Crippen molar-refractivity contribution in [2.75, 3.05) is 7.05 Å². The SMILES string of the molecule is CNC1=C([N+](=O)[O-])C(=O)N/C1=C\c1ccccc1. The van der Waals surface area contributed by atoms with Crippen LogP contribution in [0.1, 0.15) is 5.56 Å². The highest BCUT2D eigenvalue weighted by Gasteiger charge is 2.36. The van der Waals surface area contributed by atoms with Crippen molar-refractivity contribution in [2.45, 2.75) is 0 Å². The summed E-state index contributed by atoms with van der Waals surface area (Å²) < 4.78 is 0. The average molecular weight is 245 g/mol. The van der Waals surface area contributed by atoms with E-state index in [2.05, 4.69) is 10.6 Å². The van der Waals surface area contributed by atoms with E-state index < -0.39 is 16.5 Å². The van der Waals surface area contributed by atoms with Gasteiger partial charge in [0.05, 0.1) is 10.6 Å². The maximum atomic E-state index is 11.5. The lowest BCUT2D eigenvalue weighted by Gasteiger charge is -2.02. The Labute approximate surface area is 103 Å². The van der Waals surface area contributed by atoms with Crippen LogP contribution in [0.25, 0.3) is 6.08 Å². The van der Waals surface area contributed by atoms with Crippen molar-refractivity contribution in [3.63, 3.8) is 0 Å². The van der Waals surface area contributed by atoms with E-state index in [0.717, 1.165) is 5.56 Å². The zero-order valence-corrected chi connectivity index (χ0v) is 9.64. The maximum Gasteiger partial charge on any atom is 0.358 e. The molecule has 18 heavy (non-hydrogen) atoms. The van der Waals surface area contributed by atoms with Crippen LogP contribution in [0.3, 0.4) is 0 Å². The molecule has 1 aromatic rings. The molecule has 1 amide bonds. The molecule has 0 saturated carbocycles. The molecule has 1 aliphatic rings. The van der Waals surface area contributed by atoms with Gasteiger partial charge in [0.2, 0.25) is 0 Å². The molecule has 1 heterocycles. The lowest BCUT2D eigenvalue weighted by Crippen LogP contribution is -2.19. The minimum atomic E-state index is -0.702. The highest BCUT2D eigenvalue weighted by molar-refractivity contribution is 5.99. The first kappa shape index (κ1) is 11.8. The number of rotatable bonds is 3. The van der Waals surface area contributed by atoms with Gasteiger partial charge < -0.3 is 10.6 Å². The molecular formula is C12H11N3O3. The largest absolute Gasteiger partial charge is 0.381 e. The van der Waals surface area contributed by atoms with Crippen molar-refractivity contribution in [3.05, 3.63) is 63.1 Å². The van der Waals surface area contributed by atoms with Crippen molar-refractivity contribution < 1.29 is 9.72 Å². The summed E-state index contributed by atoms with van der Waals surface area (Å²) in [5.41, 5.74) is 0.999. The maximum absolute atomic E-state index is 11.5. The normalized spacial score (nSPS) is 16.9. The Morgan fingerprint density at radius 3 is 2.56 bits per heavy atom. The van der Waals surface area contributed by atoms with E-state index in [1.54, 1.807) is 6.08 Å². The molecule has 0 bridgehead atoms. The summed E-state index contributed by atoms with van der Waals surface area (Å²) in [4.78, 5) is 21.6. The van der Waals surface area contributed by atoms with Crippen LogP contribution in [0.15, 0.2) is 47.4 Å². The number of amides is 1. The second-order valence-electron chi connectivity index (χ2n) is 3.65. The minimum absolute atomic E-state index is 0.203. The third-order valence-electron chi connectivity index (χ3n) is 2.51. The van der Waals surface area contributed by atoms with E-state index in [0.29, 0.717) is 5.70 Å². The van der Waals surface area contributed by atoms with Crippen molar-refractivity contribution in [2.24, 2.45) is 0 Å². The summed E-state index contributed by atoms with van der Waals surface area (Å²) in [7, 11) is 1.54. The van der Waals surface area contributed by atoms with E-state index in [1.165, 1.54) is 7.05 Å². The van der Waals surface area contributed by atoms with E-state index in [1.807, 2.05) is 30.3 Å². The Hall–Kier alpha value is -2.63. The predicted molar refractivity (Wildman–Crippen MR) is 65.6 cm³/mol. The summed E-state index contributed by atoms with van der Waals surface area (Å²) in [6, 6.07) is 9.25. The monoisotopic (exact) mass is 245 g/mol. The van der Waals surface area contributed by atoms with Gasteiger partial charge in [-0.2, -0.15) is 0 Å². The molecule has 0 radical (unpaired) electrons. The third kappa shape index (κ3) is 2.08. The van der Waals surface area contributed by atoms with E-state index in [4.69, 9.17) is 0 Å². The molecule has 0 fully saturated rings. The molecule has 1 aliphatic heterocycles. The Kier molecular flexibility index (Phi) is 3.09. The van der Waals surface area contributed by atoms with Gasteiger partial charge in [0, 0.05) is 7.05 Å². The molecule has 0 aliphatic carbocycles. The number of nitrogens with zero attached hydrogens (tertiary/aromatic N) is 1. The van der Waals surface area contributed by atoms with Gasteiger partial charge in [0.1, 0.15) is 5.70 Å². The smallest absolute Gasteiger partial charge is 0.358 e. The zero-order chi connectivity index (χ0) is 13.1. The van der Waals surface area contributed by atoms with Gasteiger partial charge in [0.15, 0.2) is 0 Å². The zero-order valence-electron chi connectivity index (χ0n) is 9.64. The lowest BCUT2D eigenvalue weighted by molar-refractivity contribution is -0.419. The number of hydrogen-bond donors (Lipinski definition) is 2. The first-order valence-electron chi connectivity index (χ1n) is 5.28. The van der Waals surface area contributed by atoms with E-state index in [9.17, 15) is 14.9 Å². The Morgan fingerprint density at radius 1 is 1.33 bits per heavy atom. The quantitative estimate of drug-likeness (QED) is 0.611. The van der Waals surface area contributed by atoms with Crippen LogP contribution in [0.5, 0.6) is 0 Å². The number of carbonyl (C=O) groups excluding carboxylic acids is 1. The van der Waals surface area contributed by atoms with Gasteiger partial charge >= 0.3 is 11.6 Å². The molecule has 0 aromatic heterocycles. The number of carbonyl (C=O) groups is 1. The van der Waals surface area contributed by atoms with Gasteiger partial charge in [0.25, 0.3) is 0 Å². The Morgan fingerprint density at radius 2 is 2.00 bits per heavy atom. The highest BCUT2D eigenvalue weighted by atomic mass is 16.6. The number of hydrogen-bond acceptors (Lipinski definition) is 4. The van der Waals surface area contributed by atoms with Crippen molar-refractivity contribution in [3.8, 4) is 0 Å². The fraction of sp³-hybridized carbons (Fsp3) is 0.0833. The molecule has 0 unspecified atom stereocenters. The van der Waals surface area contributed by atoms with Crippen LogP contribution in [-0.2, 0) is 4.79 Å². The van der Waals surface area contributed by atoms with Crippen LogP contribution < -0.4 is 10.6 Å². The Balaban J connectivity index is 2.45. The summed E-state index contributed by atoms with van der Waals surface area (Å²) in [6.07, 6.45) is 1.68. The first-order chi connectivity index (χ1) is 8.63. The van der Waals surface area contributed by atoms with Crippen molar-refractivity contribution in [1.82, 2.24) is 10.6 Å². The second kappa shape index (κ2) is 4.70. The Bertz CT molecular complexity index is 561. The predicted octanol–water partition coefficient (Wildman–Crippen LogP) is 0.865. The molecular weight excluding hydrogens is 234 g/mol. The minimum Gasteiger partial charge on any atom is -0.381 e. The van der Waals surface area contributed by atoms with Crippen LogP contribution >= 0.6 is 0 Å². The number of benzene rings is 1. The molecule has 0 spiro atoms. The fourth-order valence-corrected chi connectivity index (χ4v) is 1.74. The molecule has 0 atom stereocenters. The van der Waals surface area contributed by atoms with Gasteiger partial charge in [-0.3, -0.25) is 14.9 Å². The van der Waals surface area contributed by atoms with Gasteiger partial charge in [-0.25, -0.2) is 0 Å². The topological polar surface area (TPSA) is 84.3 Å². The standard InChI is InChI=1S/C12H11N3O3/c1-13-10-9(7-8-5-3-2-4-6-8)14-12(16)11(10)15(17)18/h2-7,13H,1H3,(H,14,16)/b9-7-. The average Bonchev–Trinajstić information content (AvgIpc) is 2.66. The van der Waals surface area contributed by atoms with Crippen molar-refractivity contribution in [1.29, 1.82) is 0 Å². The fourth-order valence-electron chi connectivity index (χ4n) is 1.74. The number of nitrogens with one attached hydrogen (secondary N) is 2. The molecule has 2 rings (SSSR count). The lowest BCUT2D eigenvalue weighted by atomic mass is 10.2. The highest BCUT2D eigenvalue weighted by Crippen LogP contribution is 2.20. The number of likely N-dealkylation sites (N-methyl/N-ethyl adjacent to an activating group) is 1. The second-order valence-corrected chi connectivity index (χ2v) is 3.65. The van der Waals surface area contributed by atoms with E-state index in [-0.39, 0.29) is 5.70 Å². The molecule has 0 saturated heterocycles. The molecule has 6 heteroatoms. The molecule has 1 aromatic carbocycles. The van der Waals surface area contributed by atoms with Gasteiger partial charge in [-0.05, 0) is 11.6 Å². The molecule has 6 nitrogen and oxygen atoms in total.